The Morgan fingerprint density at radius 2 is 2.12 bits per heavy atom. The van der Waals surface area contributed by atoms with Crippen LogP contribution < -0.4 is 4.74 Å². The molecule has 0 aromatic heterocycles. The second-order valence-corrected chi connectivity index (χ2v) is 2.95. The van der Waals surface area contributed by atoms with E-state index >= 15 is 0 Å². The van der Waals surface area contributed by atoms with Crippen LogP contribution in [0, 0.1) is 21.4 Å². The lowest BCUT2D eigenvalue weighted by Crippen LogP contribution is -2.19. The van der Waals surface area contributed by atoms with E-state index in [1.165, 1.54) is 6.07 Å². The fourth-order valence-electron chi connectivity index (χ4n) is 1.00. The van der Waals surface area contributed by atoms with E-state index in [-0.39, 0.29) is 17.0 Å². The van der Waals surface area contributed by atoms with Crippen LogP contribution in [0.25, 0.3) is 0 Å². The number of nitrogens with zero attached hydrogens (tertiary/aromatic N) is 2. The molecule has 0 saturated carbocycles. The summed E-state index contributed by atoms with van der Waals surface area (Å²) in [6, 6.07) is 4.31. The van der Waals surface area contributed by atoms with Crippen LogP contribution in [-0.2, 0) is 0 Å². The monoisotopic (exact) mass is 246 g/mol. The number of hydrogen-bond acceptors (Lipinski definition) is 4. The highest BCUT2D eigenvalue weighted by atomic mass is 19.4. The first-order valence-corrected chi connectivity index (χ1v) is 4.21. The number of ether oxygens (including phenoxy) is 1. The summed E-state index contributed by atoms with van der Waals surface area (Å²) in [5, 5.41) is 19.0. The molecule has 0 N–H and O–H groups in total. The fraction of sp³-hybridized carbons (Fsp3) is 0.222. The van der Waals surface area contributed by atoms with E-state index in [9.17, 15) is 23.3 Å². The highest BCUT2D eigenvalue weighted by Crippen LogP contribution is 2.25. The van der Waals surface area contributed by atoms with Crippen LogP contribution in [0.5, 0.6) is 5.75 Å². The summed E-state index contributed by atoms with van der Waals surface area (Å²) >= 11 is 0. The smallest absolute Gasteiger partial charge is 0.422 e. The normalized spacial score (nSPS) is 10.7. The van der Waals surface area contributed by atoms with Gasteiger partial charge < -0.3 is 4.74 Å². The number of nitro groups is 1. The SMILES string of the molecule is N#Cc1cc([N+](=O)[O-])ccc1OCC(F)(F)F. The van der Waals surface area contributed by atoms with Crippen molar-refractivity contribution in [3.8, 4) is 11.8 Å². The molecule has 0 aliphatic rings. The van der Waals surface area contributed by atoms with Gasteiger partial charge >= 0.3 is 6.18 Å². The summed E-state index contributed by atoms with van der Waals surface area (Å²) < 4.78 is 40.0. The lowest BCUT2D eigenvalue weighted by atomic mass is 10.2. The minimum Gasteiger partial charge on any atom is -0.483 e. The number of nitro benzene ring substituents is 1. The Kier molecular flexibility index (Phi) is 3.52. The van der Waals surface area contributed by atoms with Crippen molar-refractivity contribution in [1.29, 1.82) is 5.26 Å². The number of rotatable bonds is 3. The predicted octanol–water partition coefficient (Wildman–Crippen LogP) is 2.41. The van der Waals surface area contributed by atoms with E-state index in [1.807, 2.05) is 0 Å². The predicted molar refractivity (Wildman–Crippen MR) is 49.4 cm³/mol. The van der Waals surface area contributed by atoms with Crippen molar-refractivity contribution in [1.82, 2.24) is 0 Å². The van der Waals surface area contributed by atoms with Crippen LogP contribution in [0.15, 0.2) is 18.2 Å². The molecule has 0 fully saturated rings. The highest BCUT2D eigenvalue weighted by Gasteiger charge is 2.29. The zero-order valence-corrected chi connectivity index (χ0v) is 8.19. The topological polar surface area (TPSA) is 76.2 Å². The lowest BCUT2D eigenvalue weighted by Gasteiger charge is -2.09. The second-order valence-electron chi connectivity index (χ2n) is 2.95. The first-order valence-electron chi connectivity index (χ1n) is 4.21. The van der Waals surface area contributed by atoms with Crippen LogP contribution in [0.1, 0.15) is 5.56 Å². The van der Waals surface area contributed by atoms with Crippen molar-refractivity contribution in [2.24, 2.45) is 0 Å². The summed E-state index contributed by atoms with van der Waals surface area (Å²) in [6.07, 6.45) is -4.53. The van der Waals surface area contributed by atoms with Crippen molar-refractivity contribution in [2.45, 2.75) is 6.18 Å². The Morgan fingerprint density at radius 3 is 2.59 bits per heavy atom. The molecule has 8 heteroatoms. The van der Waals surface area contributed by atoms with E-state index in [2.05, 4.69) is 4.74 Å². The first-order chi connectivity index (χ1) is 7.83. The maximum Gasteiger partial charge on any atom is 0.422 e. The van der Waals surface area contributed by atoms with E-state index in [4.69, 9.17) is 5.26 Å². The van der Waals surface area contributed by atoms with Crippen molar-refractivity contribution in [3.63, 3.8) is 0 Å². The van der Waals surface area contributed by atoms with Gasteiger partial charge in [-0.25, -0.2) is 0 Å². The first kappa shape index (κ1) is 12.8. The molecular formula is C9H5F3N2O3. The zero-order chi connectivity index (χ0) is 13.1. The van der Waals surface area contributed by atoms with Gasteiger partial charge in [-0.05, 0) is 6.07 Å². The Morgan fingerprint density at radius 1 is 1.47 bits per heavy atom. The molecule has 0 radical (unpaired) electrons. The minimum atomic E-state index is -4.53. The minimum absolute atomic E-state index is 0.316. The number of benzene rings is 1. The molecule has 0 spiro atoms. The lowest BCUT2D eigenvalue weighted by molar-refractivity contribution is -0.384. The molecule has 0 atom stereocenters. The van der Waals surface area contributed by atoms with Crippen LogP contribution in [-0.4, -0.2) is 17.7 Å². The third-order valence-electron chi connectivity index (χ3n) is 1.69. The van der Waals surface area contributed by atoms with Gasteiger partial charge in [-0.15, -0.1) is 0 Å². The number of halogens is 3. The molecule has 0 aliphatic carbocycles. The Labute approximate surface area is 93.2 Å². The van der Waals surface area contributed by atoms with Gasteiger partial charge in [-0.1, -0.05) is 0 Å². The van der Waals surface area contributed by atoms with Gasteiger partial charge in [0.2, 0.25) is 0 Å². The zero-order valence-electron chi connectivity index (χ0n) is 8.19. The van der Waals surface area contributed by atoms with Crippen molar-refractivity contribution in [3.05, 3.63) is 33.9 Å². The van der Waals surface area contributed by atoms with Crippen molar-refractivity contribution in [2.75, 3.05) is 6.61 Å². The maximum absolute atomic E-state index is 11.9. The van der Waals surface area contributed by atoms with Crippen molar-refractivity contribution < 1.29 is 22.8 Å². The summed E-state index contributed by atoms with van der Waals surface area (Å²) in [7, 11) is 0. The third kappa shape index (κ3) is 3.64. The molecular weight excluding hydrogens is 241 g/mol. The molecule has 0 bridgehead atoms. The van der Waals surface area contributed by atoms with Gasteiger partial charge in [0.25, 0.3) is 5.69 Å². The quantitative estimate of drug-likeness (QED) is 0.606. The van der Waals surface area contributed by atoms with Gasteiger partial charge in [0.1, 0.15) is 17.4 Å². The van der Waals surface area contributed by atoms with Gasteiger partial charge in [0, 0.05) is 12.1 Å². The van der Waals surface area contributed by atoms with Crippen LogP contribution >= 0.6 is 0 Å². The molecule has 0 aliphatic heterocycles. The summed E-state index contributed by atoms with van der Waals surface area (Å²) in [6.45, 7) is -1.56. The maximum atomic E-state index is 11.9. The van der Waals surface area contributed by atoms with E-state index < -0.39 is 17.7 Å². The molecule has 17 heavy (non-hydrogen) atoms. The largest absolute Gasteiger partial charge is 0.483 e. The van der Waals surface area contributed by atoms with Crippen LogP contribution in [0.2, 0.25) is 0 Å². The van der Waals surface area contributed by atoms with Crippen LogP contribution in [0.4, 0.5) is 18.9 Å². The highest BCUT2D eigenvalue weighted by molar-refractivity contribution is 5.50. The average Bonchev–Trinajstić information content (AvgIpc) is 2.24. The molecule has 90 valence electrons. The van der Waals surface area contributed by atoms with Crippen molar-refractivity contribution >= 4 is 5.69 Å². The third-order valence-corrected chi connectivity index (χ3v) is 1.69. The Hall–Kier alpha value is -2.30. The molecule has 5 nitrogen and oxygen atoms in total. The standard InChI is InChI=1S/C9H5F3N2O3/c10-9(11,12)5-17-8-2-1-7(14(15)16)3-6(8)4-13/h1-3H,5H2. The molecule has 0 amide bonds. The summed E-state index contributed by atoms with van der Waals surface area (Å²) in [5.41, 5.74) is -0.704. The fourth-order valence-corrected chi connectivity index (χ4v) is 1.00. The summed E-state index contributed by atoms with van der Waals surface area (Å²) in [5.74, 6) is -0.338. The van der Waals surface area contributed by atoms with Gasteiger partial charge in [-0.3, -0.25) is 10.1 Å². The van der Waals surface area contributed by atoms with E-state index in [1.54, 1.807) is 0 Å². The molecule has 1 aromatic carbocycles. The van der Waals surface area contributed by atoms with Gasteiger partial charge in [0.05, 0.1) is 4.92 Å². The second kappa shape index (κ2) is 4.69. The number of hydrogen-bond donors (Lipinski definition) is 0. The Bertz CT molecular complexity index is 479. The molecule has 1 aromatic rings. The number of nitriles is 1. The van der Waals surface area contributed by atoms with E-state index in [0.29, 0.717) is 0 Å². The molecule has 0 unspecified atom stereocenters. The average molecular weight is 246 g/mol. The van der Waals surface area contributed by atoms with E-state index in [0.717, 1.165) is 18.2 Å². The number of non-ortho nitro benzene ring substituents is 1. The summed E-state index contributed by atoms with van der Waals surface area (Å²) in [4.78, 5) is 9.62. The molecule has 0 heterocycles. The van der Waals surface area contributed by atoms with Gasteiger partial charge in [0.15, 0.2) is 6.61 Å². The Balaban J connectivity index is 2.95. The molecule has 0 saturated heterocycles. The van der Waals surface area contributed by atoms with Gasteiger partial charge in [-0.2, -0.15) is 18.4 Å². The molecule has 1 rings (SSSR count). The number of alkyl halides is 3. The van der Waals surface area contributed by atoms with Crippen LogP contribution in [0.3, 0.4) is 0 Å².